The summed E-state index contributed by atoms with van der Waals surface area (Å²) in [5, 5.41) is 30.4. The molecule has 0 aliphatic rings. The molecule has 13 nitrogen and oxygen atoms in total. The van der Waals surface area contributed by atoms with Crippen LogP contribution in [0.25, 0.3) is 0 Å². The van der Waals surface area contributed by atoms with Gasteiger partial charge in [0.05, 0.1) is 5.10 Å². The molecule has 80 valence electrons. The van der Waals surface area contributed by atoms with Crippen molar-refractivity contribution in [1.82, 2.24) is 40.9 Å². The average Bonchev–Trinajstić information content (AvgIpc) is 2.80. The van der Waals surface area contributed by atoms with Crippen molar-refractivity contribution in [3.05, 3.63) is 10.1 Å². The van der Waals surface area contributed by atoms with Gasteiger partial charge in [-0.3, -0.25) is 0 Å². The van der Waals surface area contributed by atoms with Crippen LogP contribution in [0.2, 0.25) is 0 Å². The maximum atomic E-state index is 9.68. The Labute approximate surface area is 80.6 Å². The SMILES string of the molecule is Nc1nnnn1N.O=[N+]([O-])c1nn[nH]n1. The van der Waals surface area contributed by atoms with Gasteiger partial charge in [0.1, 0.15) is 0 Å². The fourth-order valence-corrected chi connectivity index (χ4v) is 0.434. The lowest BCUT2D eigenvalue weighted by molar-refractivity contribution is -0.394. The summed E-state index contributed by atoms with van der Waals surface area (Å²) in [6, 6.07) is 0. The van der Waals surface area contributed by atoms with Gasteiger partial charge in [-0.25, -0.2) is 0 Å². The van der Waals surface area contributed by atoms with E-state index in [1.807, 2.05) is 5.21 Å². The molecule has 0 atom stereocenters. The largest absolute Gasteiger partial charge is 0.514 e. The number of nitrogens with one attached hydrogen (secondary N) is 1. The van der Waals surface area contributed by atoms with Crippen molar-refractivity contribution in [3.8, 4) is 0 Å². The van der Waals surface area contributed by atoms with E-state index in [1.165, 1.54) is 0 Å². The molecule has 0 saturated heterocycles. The van der Waals surface area contributed by atoms with E-state index in [0.717, 1.165) is 4.79 Å². The number of hydrogen-bond acceptors (Lipinski definition) is 10. The van der Waals surface area contributed by atoms with Crippen LogP contribution in [0, 0.1) is 10.1 Å². The van der Waals surface area contributed by atoms with Crippen LogP contribution in [0.4, 0.5) is 11.9 Å². The molecule has 0 bridgehead atoms. The molecule has 0 unspecified atom stereocenters. The minimum Gasteiger partial charge on any atom is -0.390 e. The molecule has 2 heterocycles. The molecule has 2 aromatic rings. The number of hydrogen-bond donors (Lipinski definition) is 3. The van der Waals surface area contributed by atoms with Gasteiger partial charge in [0.2, 0.25) is 0 Å². The third kappa shape index (κ3) is 2.83. The van der Waals surface area contributed by atoms with E-state index in [-0.39, 0.29) is 5.95 Å². The van der Waals surface area contributed by atoms with Gasteiger partial charge in [-0.1, -0.05) is 10.3 Å². The lowest BCUT2D eigenvalue weighted by atomic mass is 11.1. The number of anilines is 1. The number of aromatic amines is 1. The van der Waals surface area contributed by atoms with Crippen LogP contribution in [0.5, 0.6) is 0 Å². The lowest BCUT2D eigenvalue weighted by Gasteiger charge is -1.82. The highest BCUT2D eigenvalue weighted by molar-refractivity contribution is 5.09. The Kier molecular flexibility index (Phi) is 3.00. The molecule has 15 heavy (non-hydrogen) atoms. The summed E-state index contributed by atoms with van der Waals surface area (Å²) < 4.78 is 0. The van der Waals surface area contributed by atoms with Crippen LogP contribution in [0.3, 0.4) is 0 Å². The molecule has 0 radical (unpaired) electrons. The zero-order chi connectivity index (χ0) is 11.3. The van der Waals surface area contributed by atoms with E-state index < -0.39 is 10.9 Å². The van der Waals surface area contributed by atoms with Crippen molar-refractivity contribution < 1.29 is 4.92 Å². The zero-order valence-electron chi connectivity index (χ0n) is 7.05. The first-order valence-electron chi connectivity index (χ1n) is 3.28. The molecule has 0 aliphatic carbocycles. The van der Waals surface area contributed by atoms with Crippen molar-refractivity contribution in [2.24, 2.45) is 0 Å². The molecule has 0 fully saturated rings. The summed E-state index contributed by atoms with van der Waals surface area (Å²) in [5.41, 5.74) is 5.04. The van der Waals surface area contributed by atoms with Crippen LogP contribution in [0.1, 0.15) is 0 Å². The molecule has 0 aliphatic heterocycles. The molecule has 2 aromatic heterocycles. The van der Waals surface area contributed by atoms with Crippen molar-refractivity contribution in [2.45, 2.75) is 0 Å². The Morgan fingerprint density at radius 2 is 2.20 bits per heavy atom. The highest BCUT2D eigenvalue weighted by atomic mass is 16.6. The standard InChI is InChI=1S/CH4N6.CHN5O2/c2-1-4-5-6-7(1)3;7-6(8)1-2-4-5-3-1/h3H2,(H2,2,4,6);(H,2,3,4,5). The second kappa shape index (κ2) is 4.40. The number of H-pyrrole nitrogens is 1. The highest BCUT2D eigenvalue weighted by Crippen LogP contribution is 1.91. The molecule has 5 N–H and O–H groups in total. The first kappa shape index (κ1) is 10.2. The minimum atomic E-state index is -0.733. The number of tetrazole rings is 2. The summed E-state index contributed by atoms with van der Waals surface area (Å²) in [7, 11) is 0. The zero-order valence-corrected chi connectivity index (χ0v) is 7.05. The molecular weight excluding hydrogens is 210 g/mol. The second-order valence-electron chi connectivity index (χ2n) is 1.95. The molecule has 2 rings (SSSR count). The Morgan fingerprint density at radius 3 is 2.40 bits per heavy atom. The van der Waals surface area contributed by atoms with Crippen LogP contribution in [-0.2, 0) is 0 Å². The normalized spacial score (nSPS) is 9.07. The monoisotopic (exact) mass is 215 g/mol. The van der Waals surface area contributed by atoms with Gasteiger partial charge in [-0.05, 0) is 15.4 Å². The third-order valence-corrected chi connectivity index (χ3v) is 1.02. The number of nitrogens with zero attached hydrogens (tertiary/aromatic N) is 8. The smallest absolute Gasteiger partial charge is 0.390 e. The van der Waals surface area contributed by atoms with E-state index in [0.29, 0.717) is 0 Å². The first-order valence-corrected chi connectivity index (χ1v) is 3.28. The Hall–Kier alpha value is -2.86. The summed E-state index contributed by atoms with van der Waals surface area (Å²) in [6.07, 6.45) is 0. The number of aromatic nitrogens is 8. The fraction of sp³-hybridized carbons (Fsp3) is 0. The van der Waals surface area contributed by atoms with Crippen LogP contribution < -0.4 is 11.6 Å². The number of nitrogen functional groups attached to an aromatic ring is 2. The topological polar surface area (TPSA) is 193 Å². The Balaban J connectivity index is 0.000000151. The van der Waals surface area contributed by atoms with Gasteiger partial charge in [0.15, 0.2) is 0 Å². The molecule has 13 heteroatoms. The van der Waals surface area contributed by atoms with Gasteiger partial charge in [0, 0.05) is 10.3 Å². The predicted octanol–water partition coefficient (Wildman–Crippen LogP) is -2.92. The Morgan fingerprint density at radius 1 is 1.47 bits per heavy atom. The van der Waals surface area contributed by atoms with E-state index in [1.54, 1.807) is 0 Å². The van der Waals surface area contributed by atoms with Crippen molar-refractivity contribution in [3.63, 3.8) is 0 Å². The summed E-state index contributed by atoms with van der Waals surface area (Å²) >= 11 is 0. The second-order valence-corrected chi connectivity index (χ2v) is 1.95. The van der Waals surface area contributed by atoms with E-state index in [9.17, 15) is 10.1 Å². The molecule has 0 spiro atoms. The van der Waals surface area contributed by atoms with E-state index >= 15 is 0 Å². The predicted molar refractivity (Wildman–Crippen MR) is 43.2 cm³/mol. The lowest BCUT2D eigenvalue weighted by Crippen LogP contribution is -2.13. The van der Waals surface area contributed by atoms with Crippen LogP contribution >= 0.6 is 0 Å². The minimum absolute atomic E-state index is 0.111. The van der Waals surface area contributed by atoms with Gasteiger partial charge >= 0.3 is 5.95 Å². The van der Waals surface area contributed by atoms with Crippen LogP contribution in [0.15, 0.2) is 0 Å². The van der Waals surface area contributed by atoms with Crippen LogP contribution in [-0.4, -0.2) is 45.9 Å². The van der Waals surface area contributed by atoms with Gasteiger partial charge in [0.25, 0.3) is 5.95 Å². The maximum absolute atomic E-state index is 9.68. The molecule has 0 aromatic carbocycles. The number of nitro groups is 1. The third-order valence-electron chi connectivity index (χ3n) is 1.02. The number of nitrogens with two attached hydrogens (primary N) is 2. The summed E-state index contributed by atoms with van der Waals surface area (Å²) in [5.74, 6) is 4.60. The van der Waals surface area contributed by atoms with E-state index in [4.69, 9.17) is 11.6 Å². The molecular formula is C2H5N11O2. The summed E-state index contributed by atoms with van der Waals surface area (Å²) in [4.78, 5) is 9.84. The van der Waals surface area contributed by atoms with Crippen molar-refractivity contribution in [2.75, 3.05) is 11.6 Å². The maximum Gasteiger partial charge on any atom is 0.514 e. The summed E-state index contributed by atoms with van der Waals surface area (Å²) in [6.45, 7) is 0. The van der Waals surface area contributed by atoms with Gasteiger partial charge in [-0.15, -0.1) is 4.79 Å². The quantitative estimate of drug-likeness (QED) is 0.252. The van der Waals surface area contributed by atoms with Crippen molar-refractivity contribution in [1.29, 1.82) is 0 Å². The average molecular weight is 215 g/mol. The van der Waals surface area contributed by atoms with E-state index in [2.05, 4.69) is 30.9 Å². The first-order chi connectivity index (χ1) is 7.11. The van der Waals surface area contributed by atoms with Gasteiger partial charge < -0.3 is 21.7 Å². The van der Waals surface area contributed by atoms with Gasteiger partial charge in [-0.2, -0.15) is 0 Å². The molecule has 0 saturated carbocycles. The van der Waals surface area contributed by atoms with Crippen molar-refractivity contribution >= 4 is 11.9 Å². The fourth-order valence-electron chi connectivity index (χ4n) is 0.434. The Bertz CT molecular complexity index is 399. The number of rotatable bonds is 1. The molecule has 0 amide bonds. The highest BCUT2D eigenvalue weighted by Gasteiger charge is 2.08.